The van der Waals surface area contributed by atoms with E-state index in [1.807, 2.05) is 36.5 Å². The van der Waals surface area contributed by atoms with Gasteiger partial charge in [-0.2, -0.15) is 0 Å². The molecule has 0 unspecified atom stereocenters. The molecule has 0 radical (unpaired) electrons. The van der Waals surface area contributed by atoms with Crippen molar-refractivity contribution < 1.29 is 4.79 Å². The molecular formula is C12H10ClNO. The van der Waals surface area contributed by atoms with Crippen molar-refractivity contribution in [3.8, 4) is 11.1 Å². The van der Waals surface area contributed by atoms with E-state index in [9.17, 15) is 4.79 Å². The van der Waals surface area contributed by atoms with Gasteiger partial charge in [-0.3, -0.25) is 9.36 Å². The van der Waals surface area contributed by atoms with Gasteiger partial charge in [-0.25, -0.2) is 0 Å². The minimum absolute atomic E-state index is 0.00946. The van der Waals surface area contributed by atoms with Gasteiger partial charge in [-0.15, -0.1) is 0 Å². The van der Waals surface area contributed by atoms with Crippen LogP contribution in [0.1, 0.15) is 11.7 Å². The van der Waals surface area contributed by atoms with Crippen LogP contribution in [0.5, 0.6) is 0 Å². The van der Waals surface area contributed by atoms with Crippen LogP contribution in [0.3, 0.4) is 0 Å². The molecule has 76 valence electrons. The predicted octanol–water partition coefficient (Wildman–Crippen LogP) is 3.47. The first-order chi connectivity index (χ1) is 7.16. The number of benzene rings is 1. The first-order valence-corrected chi connectivity index (χ1v) is 4.99. The number of halogens is 1. The first kappa shape index (κ1) is 9.99. The second-order valence-corrected chi connectivity index (χ2v) is 3.77. The highest BCUT2D eigenvalue weighted by Gasteiger charge is 2.02. The molecule has 0 aliphatic heterocycles. The van der Waals surface area contributed by atoms with Gasteiger partial charge in [0.15, 0.2) is 0 Å². The Balaban J connectivity index is 2.37. The van der Waals surface area contributed by atoms with Gasteiger partial charge < -0.3 is 0 Å². The summed E-state index contributed by atoms with van der Waals surface area (Å²) >= 11 is 5.80. The van der Waals surface area contributed by atoms with Crippen molar-refractivity contribution >= 4 is 17.5 Å². The molecule has 0 fully saturated rings. The van der Waals surface area contributed by atoms with Crippen molar-refractivity contribution in [1.29, 1.82) is 0 Å². The molecule has 0 saturated carbocycles. The fraction of sp³-hybridized carbons (Fsp3) is 0.0833. The fourth-order valence-corrected chi connectivity index (χ4v) is 1.53. The van der Waals surface area contributed by atoms with Crippen LogP contribution in [-0.2, 0) is 0 Å². The van der Waals surface area contributed by atoms with E-state index in [1.165, 1.54) is 6.92 Å². The lowest BCUT2D eigenvalue weighted by atomic mass is 10.1. The highest BCUT2D eigenvalue weighted by Crippen LogP contribution is 2.21. The monoisotopic (exact) mass is 219 g/mol. The van der Waals surface area contributed by atoms with E-state index < -0.39 is 0 Å². The fourth-order valence-electron chi connectivity index (χ4n) is 1.41. The van der Waals surface area contributed by atoms with E-state index in [0.717, 1.165) is 11.1 Å². The Hall–Kier alpha value is -1.54. The Morgan fingerprint density at radius 3 is 2.33 bits per heavy atom. The molecule has 0 N–H and O–H groups in total. The SMILES string of the molecule is CC(=O)n1ccc(-c2ccc(Cl)cc2)c1. The molecule has 2 nitrogen and oxygen atoms in total. The van der Waals surface area contributed by atoms with E-state index in [4.69, 9.17) is 11.6 Å². The number of nitrogens with zero attached hydrogens (tertiary/aromatic N) is 1. The molecule has 0 bridgehead atoms. The van der Waals surface area contributed by atoms with Crippen LogP contribution in [0.15, 0.2) is 42.7 Å². The molecule has 3 heteroatoms. The molecule has 0 aliphatic rings. The van der Waals surface area contributed by atoms with E-state index in [2.05, 4.69) is 0 Å². The number of hydrogen-bond donors (Lipinski definition) is 0. The molecule has 0 aliphatic carbocycles. The molecule has 0 saturated heterocycles. The normalized spacial score (nSPS) is 10.3. The molecule has 1 aromatic heterocycles. The number of carbonyl (C=O) groups is 1. The Bertz CT molecular complexity index is 485. The van der Waals surface area contributed by atoms with Crippen LogP contribution in [0.2, 0.25) is 5.02 Å². The summed E-state index contributed by atoms with van der Waals surface area (Å²) in [6, 6.07) is 9.44. The summed E-state index contributed by atoms with van der Waals surface area (Å²) in [6.07, 6.45) is 3.57. The maximum atomic E-state index is 11.1. The number of carbonyl (C=O) groups excluding carboxylic acids is 1. The summed E-state index contributed by atoms with van der Waals surface area (Å²) in [5, 5.41) is 0.713. The van der Waals surface area contributed by atoms with Crippen molar-refractivity contribution in [2.24, 2.45) is 0 Å². The Kier molecular flexibility index (Phi) is 2.60. The van der Waals surface area contributed by atoms with Crippen LogP contribution >= 0.6 is 11.6 Å². The minimum atomic E-state index is 0.00946. The van der Waals surface area contributed by atoms with E-state index in [-0.39, 0.29) is 5.91 Å². The van der Waals surface area contributed by atoms with Crippen LogP contribution in [0.4, 0.5) is 0 Å². The highest BCUT2D eigenvalue weighted by atomic mass is 35.5. The summed E-state index contributed by atoms with van der Waals surface area (Å²) in [5.74, 6) is 0.00946. The molecule has 0 spiro atoms. The molecule has 1 aromatic carbocycles. The number of aromatic nitrogens is 1. The van der Waals surface area contributed by atoms with Gasteiger partial charge in [0.1, 0.15) is 0 Å². The zero-order valence-electron chi connectivity index (χ0n) is 8.27. The van der Waals surface area contributed by atoms with Crippen molar-refractivity contribution in [1.82, 2.24) is 4.57 Å². The van der Waals surface area contributed by atoms with Gasteiger partial charge in [-0.05, 0) is 29.3 Å². The summed E-state index contributed by atoms with van der Waals surface area (Å²) in [4.78, 5) is 11.1. The van der Waals surface area contributed by atoms with Gasteiger partial charge in [0, 0.05) is 24.3 Å². The molecule has 2 aromatic rings. The quantitative estimate of drug-likeness (QED) is 0.720. The van der Waals surface area contributed by atoms with Crippen molar-refractivity contribution in [3.63, 3.8) is 0 Å². The molecule has 15 heavy (non-hydrogen) atoms. The third kappa shape index (κ3) is 2.10. The lowest BCUT2D eigenvalue weighted by molar-refractivity contribution is 0.0937. The van der Waals surface area contributed by atoms with Crippen LogP contribution < -0.4 is 0 Å². The van der Waals surface area contributed by atoms with Gasteiger partial charge in [0.2, 0.25) is 5.91 Å². The maximum absolute atomic E-state index is 11.1. The zero-order valence-corrected chi connectivity index (χ0v) is 9.03. The van der Waals surface area contributed by atoms with Crippen molar-refractivity contribution in [2.75, 3.05) is 0 Å². The summed E-state index contributed by atoms with van der Waals surface area (Å²) < 4.78 is 1.56. The Morgan fingerprint density at radius 2 is 1.80 bits per heavy atom. The second-order valence-electron chi connectivity index (χ2n) is 3.33. The number of hydrogen-bond acceptors (Lipinski definition) is 1. The topological polar surface area (TPSA) is 22.0 Å². The van der Waals surface area contributed by atoms with Gasteiger partial charge in [-0.1, -0.05) is 23.7 Å². The lowest BCUT2D eigenvalue weighted by Crippen LogP contribution is -2.00. The first-order valence-electron chi connectivity index (χ1n) is 4.62. The average molecular weight is 220 g/mol. The second kappa shape index (κ2) is 3.91. The van der Waals surface area contributed by atoms with Crippen molar-refractivity contribution in [2.45, 2.75) is 6.92 Å². The van der Waals surface area contributed by atoms with Crippen LogP contribution in [0.25, 0.3) is 11.1 Å². The predicted molar refractivity (Wildman–Crippen MR) is 61.2 cm³/mol. The zero-order chi connectivity index (χ0) is 10.8. The number of rotatable bonds is 1. The summed E-state index contributed by atoms with van der Waals surface area (Å²) in [5.41, 5.74) is 2.07. The molecule has 0 atom stereocenters. The van der Waals surface area contributed by atoms with Crippen LogP contribution in [-0.4, -0.2) is 10.5 Å². The minimum Gasteiger partial charge on any atom is -0.294 e. The standard InChI is InChI=1S/C12H10ClNO/c1-9(15)14-7-6-11(8-14)10-2-4-12(13)5-3-10/h2-8H,1H3. The van der Waals surface area contributed by atoms with Gasteiger partial charge >= 0.3 is 0 Å². The Labute approximate surface area is 93.1 Å². The third-order valence-electron chi connectivity index (χ3n) is 2.23. The molecule has 2 rings (SSSR count). The Morgan fingerprint density at radius 1 is 1.13 bits per heavy atom. The van der Waals surface area contributed by atoms with Crippen LogP contribution in [0, 0.1) is 0 Å². The van der Waals surface area contributed by atoms with Crippen molar-refractivity contribution in [3.05, 3.63) is 47.7 Å². The molecular weight excluding hydrogens is 210 g/mol. The molecule has 1 heterocycles. The smallest absolute Gasteiger partial charge is 0.227 e. The summed E-state index contributed by atoms with van der Waals surface area (Å²) in [6.45, 7) is 1.53. The summed E-state index contributed by atoms with van der Waals surface area (Å²) in [7, 11) is 0. The lowest BCUT2D eigenvalue weighted by Gasteiger charge is -1.97. The van der Waals surface area contributed by atoms with E-state index in [0.29, 0.717) is 5.02 Å². The van der Waals surface area contributed by atoms with E-state index in [1.54, 1.807) is 10.8 Å². The van der Waals surface area contributed by atoms with Gasteiger partial charge in [0.05, 0.1) is 0 Å². The third-order valence-corrected chi connectivity index (χ3v) is 2.49. The van der Waals surface area contributed by atoms with Gasteiger partial charge in [0.25, 0.3) is 0 Å². The largest absolute Gasteiger partial charge is 0.294 e. The molecule has 0 amide bonds. The average Bonchev–Trinajstić information content (AvgIpc) is 2.68. The maximum Gasteiger partial charge on any atom is 0.227 e. The highest BCUT2D eigenvalue weighted by molar-refractivity contribution is 6.30. The van der Waals surface area contributed by atoms with E-state index >= 15 is 0 Å².